The maximum absolute atomic E-state index is 8.90. The first-order chi connectivity index (χ1) is 6.81. The Hall–Kier alpha value is -1.49. The lowest BCUT2D eigenvalue weighted by Gasteiger charge is -2.30. The molecule has 0 unspecified atom stereocenters. The van der Waals surface area contributed by atoms with Crippen LogP contribution in [0.25, 0.3) is 0 Å². The lowest BCUT2D eigenvalue weighted by Crippen LogP contribution is -2.36. The molecule has 1 aromatic heterocycles. The van der Waals surface area contributed by atoms with Gasteiger partial charge in [0.15, 0.2) is 0 Å². The predicted octanol–water partition coefficient (Wildman–Crippen LogP) is -0.112. The number of nitrogens with zero attached hydrogens (tertiary/aromatic N) is 2. The lowest BCUT2D eigenvalue weighted by atomic mass is 10.2. The average molecular weight is 194 g/mol. The quantitative estimate of drug-likeness (QED) is 0.612. The highest BCUT2D eigenvalue weighted by molar-refractivity contribution is 5.71. The van der Waals surface area contributed by atoms with Crippen LogP contribution in [0.5, 0.6) is 0 Å². The molecule has 5 heteroatoms. The van der Waals surface area contributed by atoms with Gasteiger partial charge in [-0.1, -0.05) is 0 Å². The number of rotatable bonds is 2. The van der Waals surface area contributed by atoms with Gasteiger partial charge in [0.25, 0.3) is 0 Å². The van der Waals surface area contributed by atoms with Crippen LogP contribution < -0.4 is 16.0 Å². The largest absolute Gasteiger partial charge is 0.397 e. The summed E-state index contributed by atoms with van der Waals surface area (Å²) in [6.07, 6.45) is 1.63. The number of aliphatic hydroxyl groups is 1. The van der Waals surface area contributed by atoms with Crippen LogP contribution >= 0.6 is 0 Å². The minimum absolute atomic E-state index is 0.147. The number of hydrogen-bond donors (Lipinski definition) is 3. The SMILES string of the molecule is Nc1cnc2c(c1)N(CCO)CCN2. The lowest BCUT2D eigenvalue weighted by molar-refractivity contribution is 0.302. The highest BCUT2D eigenvalue weighted by atomic mass is 16.3. The number of aromatic nitrogens is 1. The van der Waals surface area contributed by atoms with Gasteiger partial charge in [-0.15, -0.1) is 0 Å². The van der Waals surface area contributed by atoms with Gasteiger partial charge in [-0.3, -0.25) is 0 Å². The summed E-state index contributed by atoms with van der Waals surface area (Å²) in [4.78, 5) is 6.27. The number of β-amino-alcohol motifs (C(OH)–C–C–N with tert-alkyl or cyclic N) is 1. The van der Waals surface area contributed by atoms with Crippen LogP contribution in [0.1, 0.15) is 0 Å². The number of aliphatic hydroxyl groups excluding tert-OH is 1. The van der Waals surface area contributed by atoms with Crippen LogP contribution in [-0.4, -0.2) is 36.3 Å². The highest BCUT2D eigenvalue weighted by Crippen LogP contribution is 2.27. The van der Waals surface area contributed by atoms with E-state index in [2.05, 4.69) is 15.2 Å². The van der Waals surface area contributed by atoms with Crippen molar-refractivity contribution in [1.29, 1.82) is 0 Å². The van der Waals surface area contributed by atoms with Crippen molar-refractivity contribution in [1.82, 2.24) is 4.98 Å². The standard InChI is InChI=1S/C9H14N4O/c10-7-5-8-9(12-6-7)11-1-2-13(8)3-4-14/h5-6,14H,1-4,10H2,(H,11,12). The van der Waals surface area contributed by atoms with Gasteiger partial charge in [-0.2, -0.15) is 0 Å². The van der Waals surface area contributed by atoms with E-state index in [-0.39, 0.29) is 6.61 Å². The van der Waals surface area contributed by atoms with E-state index in [9.17, 15) is 0 Å². The summed E-state index contributed by atoms with van der Waals surface area (Å²) < 4.78 is 0. The summed E-state index contributed by atoms with van der Waals surface area (Å²) in [5, 5.41) is 12.1. The number of nitrogen functional groups attached to an aromatic ring is 1. The Kier molecular flexibility index (Phi) is 2.41. The maximum Gasteiger partial charge on any atom is 0.149 e. The molecule has 14 heavy (non-hydrogen) atoms. The third-order valence-corrected chi connectivity index (χ3v) is 2.27. The number of nitrogens with one attached hydrogen (secondary N) is 1. The molecule has 0 aliphatic carbocycles. The molecule has 0 saturated heterocycles. The van der Waals surface area contributed by atoms with Crippen molar-refractivity contribution in [2.24, 2.45) is 0 Å². The molecular weight excluding hydrogens is 180 g/mol. The first-order valence-corrected chi connectivity index (χ1v) is 4.66. The second kappa shape index (κ2) is 3.71. The van der Waals surface area contributed by atoms with E-state index in [1.807, 2.05) is 6.07 Å². The molecule has 0 fully saturated rings. The Labute approximate surface area is 82.5 Å². The fraction of sp³-hybridized carbons (Fsp3) is 0.444. The van der Waals surface area contributed by atoms with Gasteiger partial charge in [-0.25, -0.2) is 4.98 Å². The number of hydrogen-bond acceptors (Lipinski definition) is 5. The molecule has 0 spiro atoms. The third kappa shape index (κ3) is 1.58. The molecule has 2 heterocycles. The minimum Gasteiger partial charge on any atom is -0.397 e. The van der Waals surface area contributed by atoms with Crippen molar-refractivity contribution in [3.63, 3.8) is 0 Å². The number of fused-ring (bicyclic) bond motifs is 1. The van der Waals surface area contributed by atoms with Crippen LogP contribution in [0.3, 0.4) is 0 Å². The molecule has 0 radical (unpaired) electrons. The summed E-state index contributed by atoms with van der Waals surface area (Å²) in [6.45, 7) is 2.50. The zero-order chi connectivity index (χ0) is 9.97. The smallest absolute Gasteiger partial charge is 0.149 e. The van der Waals surface area contributed by atoms with Gasteiger partial charge >= 0.3 is 0 Å². The summed E-state index contributed by atoms with van der Waals surface area (Å²) in [7, 11) is 0. The van der Waals surface area contributed by atoms with Crippen molar-refractivity contribution in [3.8, 4) is 0 Å². The van der Waals surface area contributed by atoms with Gasteiger partial charge in [0.1, 0.15) is 5.82 Å². The van der Waals surface area contributed by atoms with E-state index in [4.69, 9.17) is 10.8 Å². The fourth-order valence-electron chi connectivity index (χ4n) is 1.63. The molecule has 0 bridgehead atoms. The molecule has 0 saturated carbocycles. The van der Waals surface area contributed by atoms with Crippen LogP contribution in [0.15, 0.2) is 12.3 Å². The summed E-state index contributed by atoms with van der Waals surface area (Å²) >= 11 is 0. The highest BCUT2D eigenvalue weighted by Gasteiger charge is 2.16. The van der Waals surface area contributed by atoms with Crippen LogP contribution in [0.4, 0.5) is 17.2 Å². The van der Waals surface area contributed by atoms with E-state index in [1.165, 1.54) is 0 Å². The molecule has 0 aromatic carbocycles. The van der Waals surface area contributed by atoms with E-state index in [0.717, 1.165) is 24.6 Å². The molecule has 1 aliphatic rings. The summed E-state index contributed by atoms with van der Waals surface area (Å²) in [5.74, 6) is 0.846. The second-order valence-corrected chi connectivity index (χ2v) is 3.27. The van der Waals surface area contributed by atoms with Crippen molar-refractivity contribution in [2.45, 2.75) is 0 Å². The van der Waals surface area contributed by atoms with Gasteiger partial charge in [0, 0.05) is 19.6 Å². The zero-order valence-corrected chi connectivity index (χ0v) is 7.90. The Bertz CT molecular complexity index is 329. The predicted molar refractivity (Wildman–Crippen MR) is 56.4 cm³/mol. The van der Waals surface area contributed by atoms with Gasteiger partial charge in [-0.05, 0) is 6.07 Å². The van der Waals surface area contributed by atoms with Crippen LogP contribution in [0.2, 0.25) is 0 Å². The molecule has 76 valence electrons. The molecule has 1 aromatic rings. The second-order valence-electron chi connectivity index (χ2n) is 3.27. The van der Waals surface area contributed by atoms with E-state index in [0.29, 0.717) is 12.2 Å². The molecule has 2 rings (SSSR count). The first-order valence-electron chi connectivity index (χ1n) is 4.66. The number of nitrogens with two attached hydrogens (primary N) is 1. The van der Waals surface area contributed by atoms with Crippen molar-refractivity contribution < 1.29 is 5.11 Å². The number of anilines is 3. The van der Waals surface area contributed by atoms with E-state index < -0.39 is 0 Å². The van der Waals surface area contributed by atoms with Gasteiger partial charge in [0.05, 0.1) is 24.2 Å². The monoisotopic (exact) mass is 194 g/mol. The molecule has 4 N–H and O–H groups in total. The van der Waals surface area contributed by atoms with E-state index in [1.54, 1.807) is 6.20 Å². The van der Waals surface area contributed by atoms with Gasteiger partial charge in [0.2, 0.25) is 0 Å². The molecule has 0 amide bonds. The summed E-state index contributed by atoms with van der Waals surface area (Å²) in [6, 6.07) is 1.88. The minimum atomic E-state index is 0.147. The molecule has 1 aliphatic heterocycles. The number of pyridine rings is 1. The van der Waals surface area contributed by atoms with Crippen LogP contribution in [0, 0.1) is 0 Å². The topological polar surface area (TPSA) is 74.4 Å². The summed E-state index contributed by atoms with van der Waals surface area (Å²) in [5.41, 5.74) is 7.29. The Morgan fingerprint density at radius 3 is 3.29 bits per heavy atom. The zero-order valence-electron chi connectivity index (χ0n) is 7.90. The van der Waals surface area contributed by atoms with Crippen molar-refractivity contribution >= 4 is 17.2 Å². The van der Waals surface area contributed by atoms with Gasteiger partial charge < -0.3 is 21.1 Å². The third-order valence-electron chi connectivity index (χ3n) is 2.27. The average Bonchev–Trinajstić information content (AvgIpc) is 2.19. The first kappa shape index (κ1) is 9.08. The van der Waals surface area contributed by atoms with Crippen molar-refractivity contribution in [3.05, 3.63) is 12.3 Å². The molecule has 5 nitrogen and oxygen atoms in total. The molecular formula is C9H14N4O. The Balaban J connectivity index is 2.32. The Morgan fingerprint density at radius 1 is 1.64 bits per heavy atom. The van der Waals surface area contributed by atoms with Crippen molar-refractivity contribution in [2.75, 3.05) is 42.2 Å². The fourth-order valence-corrected chi connectivity index (χ4v) is 1.63. The Morgan fingerprint density at radius 2 is 2.50 bits per heavy atom. The van der Waals surface area contributed by atoms with Crippen LogP contribution in [-0.2, 0) is 0 Å². The maximum atomic E-state index is 8.90. The van der Waals surface area contributed by atoms with E-state index >= 15 is 0 Å². The normalized spacial score (nSPS) is 14.8. The molecule has 0 atom stereocenters.